The van der Waals surface area contributed by atoms with Gasteiger partial charge in [-0.2, -0.15) is 0 Å². The lowest BCUT2D eigenvalue weighted by Crippen LogP contribution is -2.38. The molecule has 202 valence electrons. The zero-order chi connectivity index (χ0) is 28.1. The number of carbonyl (C=O) groups excluding carboxylic acids is 3. The molecule has 8 nitrogen and oxygen atoms in total. The number of nitrogens with zero attached hydrogens (tertiary/aromatic N) is 1. The smallest absolute Gasteiger partial charge is 0.329 e. The van der Waals surface area contributed by atoms with Crippen molar-refractivity contribution in [3.8, 4) is 11.5 Å². The first kappa shape index (κ1) is 28.5. The maximum atomic E-state index is 13.0. The molecule has 1 aliphatic rings. The van der Waals surface area contributed by atoms with E-state index in [0.29, 0.717) is 37.3 Å². The van der Waals surface area contributed by atoms with Crippen molar-refractivity contribution < 1.29 is 23.9 Å². The van der Waals surface area contributed by atoms with Crippen molar-refractivity contribution >= 4 is 68.7 Å². The summed E-state index contributed by atoms with van der Waals surface area (Å²) in [5, 5.41) is 6.29. The summed E-state index contributed by atoms with van der Waals surface area (Å²) in [6, 6.07) is 15.2. The number of amides is 4. The van der Waals surface area contributed by atoms with Crippen LogP contribution in [0.2, 0.25) is 10.0 Å². The summed E-state index contributed by atoms with van der Waals surface area (Å²) in [5.41, 5.74) is 2.92. The highest BCUT2D eigenvalue weighted by atomic mass is 79.9. The Morgan fingerprint density at radius 1 is 1.10 bits per heavy atom. The first-order valence-corrected chi connectivity index (χ1v) is 13.4. The van der Waals surface area contributed by atoms with Gasteiger partial charge in [-0.15, -0.1) is 0 Å². The second-order valence-electron chi connectivity index (χ2n) is 8.50. The van der Waals surface area contributed by atoms with Crippen LogP contribution in [0.5, 0.6) is 11.5 Å². The maximum absolute atomic E-state index is 13.0. The summed E-state index contributed by atoms with van der Waals surface area (Å²) >= 11 is 15.7. The van der Waals surface area contributed by atoms with Gasteiger partial charge in [0.05, 0.1) is 11.6 Å². The van der Waals surface area contributed by atoms with Crippen LogP contribution in [-0.2, 0) is 22.6 Å². The molecular formula is C28H24BrCl2N3O5. The van der Waals surface area contributed by atoms with Crippen LogP contribution in [0, 0.1) is 0 Å². The van der Waals surface area contributed by atoms with Crippen LogP contribution >= 0.6 is 39.1 Å². The molecule has 0 saturated carbocycles. The maximum Gasteiger partial charge on any atom is 0.329 e. The molecule has 1 fully saturated rings. The molecule has 3 aromatic carbocycles. The number of anilines is 1. The highest BCUT2D eigenvalue weighted by Crippen LogP contribution is 2.38. The zero-order valence-electron chi connectivity index (χ0n) is 21.0. The van der Waals surface area contributed by atoms with Gasteiger partial charge in [-0.05, 0) is 69.9 Å². The average molecular weight is 633 g/mol. The number of hydrogen-bond donors (Lipinski definition) is 2. The van der Waals surface area contributed by atoms with Crippen LogP contribution < -0.4 is 20.1 Å². The van der Waals surface area contributed by atoms with Crippen LogP contribution in [0.1, 0.15) is 23.6 Å². The van der Waals surface area contributed by atoms with Crippen molar-refractivity contribution in [3.05, 3.63) is 91.5 Å². The Labute approximate surface area is 244 Å². The van der Waals surface area contributed by atoms with Gasteiger partial charge in [-0.25, -0.2) is 9.69 Å². The number of nitrogens with one attached hydrogen (secondary N) is 2. The Kier molecular flexibility index (Phi) is 9.16. The molecule has 0 bridgehead atoms. The lowest BCUT2D eigenvalue weighted by atomic mass is 10.1. The number of hydrogen-bond acceptors (Lipinski definition) is 5. The minimum absolute atomic E-state index is 0.0253. The van der Waals surface area contributed by atoms with Crippen molar-refractivity contribution in [2.45, 2.75) is 20.0 Å². The van der Waals surface area contributed by atoms with Gasteiger partial charge in [-0.3, -0.25) is 9.59 Å². The molecule has 1 heterocycles. The van der Waals surface area contributed by atoms with Crippen molar-refractivity contribution in [1.29, 1.82) is 0 Å². The minimum Gasteiger partial charge on any atom is -0.493 e. The molecule has 2 N–H and O–H groups in total. The Morgan fingerprint density at radius 3 is 2.59 bits per heavy atom. The highest BCUT2D eigenvalue weighted by molar-refractivity contribution is 9.10. The fourth-order valence-corrected chi connectivity index (χ4v) is 4.95. The van der Waals surface area contributed by atoms with Crippen LogP contribution in [0.25, 0.3) is 6.08 Å². The molecular weight excluding hydrogens is 609 g/mol. The van der Waals surface area contributed by atoms with Gasteiger partial charge in [0, 0.05) is 21.3 Å². The van der Waals surface area contributed by atoms with E-state index in [2.05, 4.69) is 26.6 Å². The third-order valence-electron chi connectivity index (χ3n) is 5.89. The van der Waals surface area contributed by atoms with E-state index in [4.69, 9.17) is 32.7 Å². The molecule has 0 radical (unpaired) electrons. The molecule has 0 aliphatic carbocycles. The standard InChI is InChI=1S/C28H24BrCl2N3O5/c1-3-17-6-4-5-7-22(17)32-25(35)14-34-27(36)23(33-28(34)37)11-16-10-20(29)26(24(12-16)38-2)39-15-18-8-9-19(30)13-21(18)31/h4-13H,3,14-15H2,1-2H3,(H,32,35)(H,33,37)/b23-11+. The number of ether oxygens (including phenoxy) is 2. The van der Waals surface area contributed by atoms with E-state index >= 15 is 0 Å². The van der Waals surface area contributed by atoms with Crippen molar-refractivity contribution in [1.82, 2.24) is 10.2 Å². The second kappa shape index (κ2) is 12.5. The molecule has 0 aromatic heterocycles. The van der Waals surface area contributed by atoms with Gasteiger partial charge in [-0.1, -0.05) is 54.4 Å². The van der Waals surface area contributed by atoms with E-state index < -0.39 is 24.4 Å². The number of halogens is 3. The lowest BCUT2D eigenvalue weighted by molar-refractivity contribution is -0.127. The molecule has 1 saturated heterocycles. The Balaban J connectivity index is 1.48. The van der Waals surface area contributed by atoms with Gasteiger partial charge in [0.25, 0.3) is 5.91 Å². The summed E-state index contributed by atoms with van der Waals surface area (Å²) in [6.07, 6.45) is 2.22. The predicted molar refractivity (Wildman–Crippen MR) is 154 cm³/mol. The van der Waals surface area contributed by atoms with Gasteiger partial charge < -0.3 is 20.1 Å². The molecule has 0 unspecified atom stereocenters. The van der Waals surface area contributed by atoms with E-state index in [1.54, 1.807) is 42.5 Å². The number of methoxy groups -OCH3 is 1. The van der Waals surface area contributed by atoms with E-state index in [0.717, 1.165) is 22.4 Å². The topological polar surface area (TPSA) is 97.0 Å². The molecule has 39 heavy (non-hydrogen) atoms. The van der Waals surface area contributed by atoms with Crippen LogP contribution in [0.4, 0.5) is 10.5 Å². The number of urea groups is 1. The van der Waals surface area contributed by atoms with Crippen LogP contribution in [0.15, 0.2) is 64.8 Å². The fraction of sp³-hybridized carbons (Fsp3) is 0.179. The van der Waals surface area contributed by atoms with Crippen molar-refractivity contribution in [3.63, 3.8) is 0 Å². The van der Waals surface area contributed by atoms with E-state index in [1.807, 2.05) is 19.1 Å². The number of aryl methyl sites for hydroxylation is 1. The Bertz CT molecular complexity index is 1480. The third kappa shape index (κ3) is 6.73. The Morgan fingerprint density at radius 2 is 1.87 bits per heavy atom. The first-order valence-electron chi connectivity index (χ1n) is 11.9. The predicted octanol–water partition coefficient (Wildman–Crippen LogP) is 6.44. The summed E-state index contributed by atoms with van der Waals surface area (Å²) < 4.78 is 12.0. The molecule has 11 heteroatoms. The number of benzene rings is 3. The SMILES string of the molecule is CCc1ccccc1NC(=O)CN1C(=O)N/C(=C/c2cc(Br)c(OCc3ccc(Cl)cc3Cl)c(OC)c2)C1=O. The molecule has 3 aromatic rings. The summed E-state index contributed by atoms with van der Waals surface area (Å²) in [7, 11) is 1.49. The first-order chi connectivity index (χ1) is 18.7. The summed E-state index contributed by atoms with van der Waals surface area (Å²) in [5.74, 6) is -0.277. The average Bonchev–Trinajstić information content (AvgIpc) is 3.16. The quantitative estimate of drug-likeness (QED) is 0.209. The lowest BCUT2D eigenvalue weighted by Gasteiger charge is -2.14. The largest absolute Gasteiger partial charge is 0.493 e. The second-order valence-corrected chi connectivity index (χ2v) is 10.2. The normalized spacial score (nSPS) is 14.0. The molecule has 0 atom stereocenters. The Hall–Kier alpha value is -3.53. The van der Waals surface area contributed by atoms with E-state index in [-0.39, 0.29) is 12.3 Å². The molecule has 4 amide bonds. The van der Waals surface area contributed by atoms with Crippen molar-refractivity contribution in [2.75, 3.05) is 19.0 Å². The van der Waals surface area contributed by atoms with E-state index in [1.165, 1.54) is 13.2 Å². The zero-order valence-corrected chi connectivity index (χ0v) is 24.1. The van der Waals surface area contributed by atoms with Crippen LogP contribution in [-0.4, -0.2) is 36.4 Å². The molecule has 1 aliphatic heterocycles. The van der Waals surface area contributed by atoms with Gasteiger partial charge in [0.2, 0.25) is 5.91 Å². The highest BCUT2D eigenvalue weighted by Gasteiger charge is 2.35. The van der Waals surface area contributed by atoms with Gasteiger partial charge in [0.15, 0.2) is 11.5 Å². The minimum atomic E-state index is -0.684. The van der Waals surface area contributed by atoms with Gasteiger partial charge in [0.1, 0.15) is 18.8 Å². The summed E-state index contributed by atoms with van der Waals surface area (Å²) in [6.45, 7) is 1.72. The molecule has 4 rings (SSSR count). The summed E-state index contributed by atoms with van der Waals surface area (Å²) in [4.78, 5) is 38.9. The number of imide groups is 1. The fourth-order valence-electron chi connectivity index (χ4n) is 3.92. The number of para-hydroxylation sites is 1. The van der Waals surface area contributed by atoms with E-state index in [9.17, 15) is 14.4 Å². The monoisotopic (exact) mass is 631 g/mol. The van der Waals surface area contributed by atoms with Gasteiger partial charge >= 0.3 is 6.03 Å². The third-order valence-corrected chi connectivity index (χ3v) is 7.06. The van der Waals surface area contributed by atoms with Crippen molar-refractivity contribution in [2.24, 2.45) is 0 Å². The molecule has 0 spiro atoms. The van der Waals surface area contributed by atoms with Crippen LogP contribution in [0.3, 0.4) is 0 Å². The number of rotatable bonds is 9. The number of carbonyl (C=O) groups is 3.